The molecule has 0 spiro atoms. The maximum absolute atomic E-state index is 11.8. The third-order valence-electron chi connectivity index (χ3n) is 2.29. The Morgan fingerprint density at radius 1 is 1.50 bits per heavy atom. The second kappa shape index (κ2) is 5.77. The van der Waals surface area contributed by atoms with E-state index in [-0.39, 0.29) is 5.91 Å². The molecule has 18 heavy (non-hydrogen) atoms. The van der Waals surface area contributed by atoms with E-state index in [4.69, 9.17) is 4.52 Å². The van der Waals surface area contributed by atoms with Gasteiger partial charge in [0.2, 0.25) is 5.89 Å². The van der Waals surface area contributed by atoms with Crippen LogP contribution in [-0.4, -0.2) is 22.6 Å². The zero-order chi connectivity index (χ0) is 13.0. The first-order valence-corrected chi connectivity index (χ1v) is 6.27. The topological polar surface area (TPSA) is 68.0 Å². The van der Waals surface area contributed by atoms with Crippen LogP contribution in [0.3, 0.4) is 0 Å². The first kappa shape index (κ1) is 12.8. The number of rotatable bonds is 4. The molecule has 1 heterocycles. The predicted octanol–water partition coefficient (Wildman–Crippen LogP) is 2.11. The van der Waals surface area contributed by atoms with Gasteiger partial charge < -0.3 is 9.84 Å². The summed E-state index contributed by atoms with van der Waals surface area (Å²) in [5.41, 5.74) is 0.619. The quantitative estimate of drug-likeness (QED) is 0.939. The Hall–Kier alpha value is -1.69. The van der Waals surface area contributed by atoms with Crippen molar-refractivity contribution in [1.29, 1.82) is 0 Å². The predicted molar refractivity (Wildman–Crippen MR) is 69.2 cm³/mol. The van der Waals surface area contributed by atoms with Crippen molar-refractivity contribution in [1.82, 2.24) is 15.5 Å². The molecule has 94 valence electrons. The average molecular weight is 310 g/mol. The van der Waals surface area contributed by atoms with Crippen LogP contribution in [0.4, 0.5) is 0 Å². The van der Waals surface area contributed by atoms with E-state index in [1.54, 1.807) is 19.1 Å². The van der Waals surface area contributed by atoms with Crippen molar-refractivity contribution >= 4 is 21.8 Å². The Morgan fingerprint density at radius 2 is 2.33 bits per heavy atom. The molecular formula is C12H12BrN3O2. The summed E-state index contributed by atoms with van der Waals surface area (Å²) in [6.45, 7) is 2.21. The van der Waals surface area contributed by atoms with Crippen LogP contribution in [0.5, 0.6) is 0 Å². The molecule has 0 unspecified atom stereocenters. The lowest BCUT2D eigenvalue weighted by molar-refractivity contribution is 0.0954. The highest BCUT2D eigenvalue weighted by atomic mass is 79.9. The van der Waals surface area contributed by atoms with Gasteiger partial charge in [-0.3, -0.25) is 4.79 Å². The van der Waals surface area contributed by atoms with Crippen molar-refractivity contribution in [2.45, 2.75) is 13.3 Å². The third-order valence-corrected chi connectivity index (χ3v) is 2.78. The van der Waals surface area contributed by atoms with Gasteiger partial charge in [-0.25, -0.2) is 0 Å². The highest BCUT2D eigenvalue weighted by Gasteiger charge is 2.06. The molecule has 1 aromatic heterocycles. The number of carbonyl (C=O) groups is 1. The second-order valence-corrected chi connectivity index (χ2v) is 4.66. The van der Waals surface area contributed by atoms with Crippen LogP contribution in [0.25, 0.3) is 0 Å². The molecule has 0 aliphatic rings. The molecule has 0 fully saturated rings. The smallest absolute Gasteiger partial charge is 0.251 e. The van der Waals surface area contributed by atoms with Crippen LogP contribution in [0.15, 0.2) is 33.3 Å². The largest absolute Gasteiger partial charge is 0.352 e. The monoisotopic (exact) mass is 309 g/mol. The third kappa shape index (κ3) is 3.40. The Labute approximate surface area is 113 Å². The van der Waals surface area contributed by atoms with E-state index in [2.05, 4.69) is 31.4 Å². The zero-order valence-electron chi connectivity index (χ0n) is 9.81. The number of carbonyl (C=O) groups excluding carboxylic acids is 1. The SMILES string of the molecule is Cc1nc(CCNC(=O)c2cccc(Br)c2)no1. The maximum atomic E-state index is 11.8. The van der Waals surface area contributed by atoms with Gasteiger partial charge in [0.05, 0.1) is 0 Å². The Morgan fingerprint density at radius 3 is 3.00 bits per heavy atom. The van der Waals surface area contributed by atoms with Crippen LogP contribution in [0, 0.1) is 6.92 Å². The fourth-order valence-corrected chi connectivity index (χ4v) is 1.86. The first-order chi connectivity index (χ1) is 8.65. The lowest BCUT2D eigenvalue weighted by atomic mass is 10.2. The van der Waals surface area contributed by atoms with E-state index in [1.807, 2.05) is 12.1 Å². The molecule has 0 aliphatic heterocycles. The Balaban J connectivity index is 1.85. The summed E-state index contributed by atoms with van der Waals surface area (Å²) in [7, 11) is 0. The van der Waals surface area contributed by atoms with E-state index in [1.165, 1.54) is 0 Å². The molecule has 0 aliphatic carbocycles. The molecule has 2 aromatic rings. The van der Waals surface area contributed by atoms with Gasteiger partial charge in [0.1, 0.15) is 0 Å². The van der Waals surface area contributed by atoms with Gasteiger partial charge in [0.25, 0.3) is 5.91 Å². The van der Waals surface area contributed by atoms with E-state index >= 15 is 0 Å². The minimum absolute atomic E-state index is 0.114. The molecule has 1 amide bonds. The summed E-state index contributed by atoms with van der Waals surface area (Å²) in [6, 6.07) is 7.23. The lowest BCUT2D eigenvalue weighted by Gasteiger charge is -2.03. The number of amides is 1. The summed E-state index contributed by atoms with van der Waals surface area (Å²) in [5, 5.41) is 6.56. The van der Waals surface area contributed by atoms with E-state index in [0.29, 0.717) is 30.2 Å². The van der Waals surface area contributed by atoms with Crippen LogP contribution < -0.4 is 5.32 Å². The van der Waals surface area contributed by atoms with Gasteiger partial charge in [-0.1, -0.05) is 27.2 Å². The number of aryl methyl sites for hydroxylation is 1. The molecule has 1 N–H and O–H groups in total. The summed E-state index contributed by atoms with van der Waals surface area (Å²) >= 11 is 3.33. The number of nitrogens with zero attached hydrogens (tertiary/aromatic N) is 2. The summed E-state index contributed by atoms with van der Waals surface area (Å²) < 4.78 is 5.72. The standard InChI is InChI=1S/C12H12BrN3O2/c1-8-15-11(16-18-8)5-6-14-12(17)9-3-2-4-10(13)7-9/h2-4,7H,5-6H2,1H3,(H,14,17). The highest BCUT2D eigenvalue weighted by molar-refractivity contribution is 9.10. The molecular weight excluding hydrogens is 298 g/mol. The first-order valence-electron chi connectivity index (χ1n) is 5.48. The average Bonchev–Trinajstić information content (AvgIpc) is 2.75. The van der Waals surface area contributed by atoms with Crippen molar-refractivity contribution in [2.24, 2.45) is 0 Å². The molecule has 5 nitrogen and oxygen atoms in total. The molecule has 0 bridgehead atoms. The number of hydrogen-bond donors (Lipinski definition) is 1. The molecule has 0 saturated heterocycles. The van der Waals surface area contributed by atoms with Crippen LogP contribution in [0.1, 0.15) is 22.1 Å². The highest BCUT2D eigenvalue weighted by Crippen LogP contribution is 2.11. The van der Waals surface area contributed by atoms with E-state index in [0.717, 1.165) is 4.47 Å². The molecule has 2 rings (SSSR count). The molecule has 1 aromatic carbocycles. The minimum atomic E-state index is -0.114. The van der Waals surface area contributed by atoms with Gasteiger partial charge in [-0.05, 0) is 18.2 Å². The summed E-state index contributed by atoms with van der Waals surface area (Å²) in [5.74, 6) is 1.02. The minimum Gasteiger partial charge on any atom is -0.352 e. The van der Waals surface area contributed by atoms with Gasteiger partial charge >= 0.3 is 0 Å². The second-order valence-electron chi connectivity index (χ2n) is 3.75. The van der Waals surface area contributed by atoms with Gasteiger partial charge in [-0.2, -0.15) is 4.98 Å². The van der Waals surface area contributed by atoms with Crippen molar-refractivity contribution < 1.29 is 9.32 Å². The van der Waals surface area contributed by atoms with Crippen molar-refractivity contribution in [2.75, 3.05) is 6.54 Å². The Bertz CT molecular complexity index is 554. The van der Waals surface area contributed by atoms with E-state index < -0.39 is 0 Å². The normalized spacial score (nSPS) is 10.3. The van der Waals surface area contributed by atoms with Crippen LogP contribution in [-0.2, 0) is 6.42 Å². The summed E-state index contributed by atoms with van der Waals surface area (Å²) in [6.07, 6.45) is 0.553. The number of hydrogen-bond acceptors (Lipinski definition) is 4. The van der Waals surface area contributed by atoms with Crippen LogP contribution in [0.2, 0.25) is 0 Å². The number of halogens is 1. The van der Waals surface area contributed by atoms with E-state index in [9.17, 15) is 4.79 Å². The fraction of sp³-hybridized carbons (Fsp3) is 0.250. The van der Waals surface area contributed by atoms with Crippen molar-refractivity contribution in [3.05, 3.63) is 46.0 Å². The maximum Gasteiger partial charge on any atom is 0.251 e. The van der Waals surface area contributed by atoms with Crippen molar-refractivity contribution in [3.63, 3.8) is 0 Å². The number of nitrogens with one attached hydrogen (secondary N) is 1. The van der Waals surface area contributed by atoms with Crippen molar-refractivity contribution in [3.8, 4) is 0 Å². The summed E-state index contributed by atoms with van der Waals surface area (Å²) in [4.78, 5) is 15.9. The molecule has 0 atom stereocenters. The number of benzene rings is 1. The molecule has 0 saturated carbocycles. The van der Waals surface area contributed by atoms with Crippen LogP contribution >= 0.6 is 15.9 Å². The number of aromatic nitrogens is 2. The molecule has 6 heteroatoms. The lowest BCUT2D eigenvalue weighted by Crippen LogP contribution is -2.25. The van der Waals surface area contributed by atoms with Gasteiger partial charge in [0, 0.05) is 29.9 Å². The molecule has 0 radical (unpaired) electrons. The van der Waals surface area contributed by atoms with Gasteiger partial charge in [0.15, 0.2) is 5.82 Å². The Kier molecular flexibility index (Phi) is 4.09. The zero-order valence-corrected chi connectivity index (χ0v) is 11.4. The van der Waals surface area contributed by atoms with Gasteiger partial charge in [-0.15, -0.1) is 0 Å². The fourth-order valence-electron chi connectivity index (χ4n) is 1.46.